The molecule has 1 unspecified atom stereocenters. The molecule has 2 nitrogen and oxygen atoms in total. The summed E-state index contributed by atoms with van der Waals surface area (Å²) in [5, 5.41) is 8.44. The molecule has 0 saturated heterocycles. The Morgan fingerprint density at radius 3 is 2.83 bits per heavy atom. The van der Waals surface area contributed by atoms with Crippen LogP contribution in [0.3, 0.4) is 0 Å². The van der Waals surface area contributed by atoms with Crippen molar-refractivity contribution in [3.63, 3.8) is 0 Å². The van der Waals surface area contributed by atoms with E-state index in [9.17, 15) is 0 Å². The van der Waals surface area contributed by atoms with Gasteiger partial charge in [-0.25, -0.2) is 0 Å². The van der Waals surface area contributed by atoms with Crippen LogP contribution >= 0.6 is 34.3 Å². The molecular weight excluding hydrogens is 286 g/mol. The first-order chi connectivity index (χ1) is 8.76. The zero-order chi connectivity index (χ0) is 13.0. The number of methoxy groups -OCH3 is 1. The van der Waals surface area contributed by atoms with Gasteiger partial charge in [-0.1, -0.05) is 18.5 Å². The lowest BCUT2D eigenvalue weighted by Gasteiger charge is -2.16. The van der Waals surface area contributed by atoms with E-state index >= 15 is 0 Å². The van der Waals surface area contributed by atoms with Gasteiger partial charge in [-0.3, -0.25) is 0 Å². The SMILES string of the molecule is CCCNC(c1cc(OC)cs1)c1sccc1Cl. The molecule has 1 atom stereocenters. The number of halogens is 1. The first-order valence-electron chi connectivity index (χ1n) is 5.85. The largest absolute Gasteiger partial charge is 0.496 e. The summed E-state index contributed by atoms with van der Waals surface area (Å²) in [6.45, 7) is 3.13. The molecule has 0 saturated carbocycles. The predicted octanol–water partition coefficient (Wildman–Crippen LogP) is 4.56. The standard InChI is InChI=1S/C13H16ClNOS2/c1-3-5-15-12(13-10(14)4-6-17-13)11-7-9(16-2)8-18-11/h4,6-8,12,15H,3,5H2,1-2H3. The van der Waals surface area contributed by atoms with Crippen molar-refractivity contribution >= 4 is 34.3 Å². The molecule has 1 N–H and O–H groups in total. The van der Waals surface area contributed by atoms with Crippen molar-refractivity contribution in [1.82, 2.24) is 5.32 Å². The quantitative estimate of drug-likeness (QED) is 0.844. The van der Waals surface area contributed by atoms with Crippen LogP contribution in [0, 0.1) is 0 Å². The lowest BCUT2D eigenvalue weighted by atomic mass is 10.2. The summed E-state index contributed by atoms with van der Waals surface area (Å²) in [4.78, 5) is 2.42. The molecule has 18 heavy (non-hydrogen) atoms. The van der Waals surface area contributed by atoms with Crippen molar-refractivity contribution < 1.29 is 4.74 Å². The van der Waals surface area contributed by atoms with Gasteiger partial charge in [0.15, 0.2) is 0 Å². The van der Waals surface area contributed by atoms with Crippen LogP contribution in [-0.2, 0) is 0 Å². The number of ether oxygens (including phenoxy) is 1. The second-order valence-electron chi connectivity index (χ2n) is 3.91. The van der Waals surface area contributed by atoms with Crippen LogP contribution in [0.25, 0.3) is 0 Å². The molecule has 0 spiro atoms. The Labute approximate surface area is 121 Å². The fourth-order valence-corrected chi connectivity index (χ4v) is 3.99. The number of rotatable bonds is 6. The predicted molar refractivity (Wildman–Crippen MR) is 80.3 cm³/mol. The minimum atomic E-state index is 0.173. The van der Waals surface area contributed by atoms with Gasteiger partial charge in [0.1, 0.15) is 5.75 Å². The maximum atomic E-state index is 6.25. The second-order valence-corrected chi connectivity index (χ2v) is 6.21. The van der Waals surface area contributed by atoms with Gasteiger partial charge in [0.05, 0.1) is 18.2 Å². The number of hydrogen-bond acceptors (Lipinski definition) is 4. The summed E-state index contributed by atoms with van der Waals surface area (Å²) in [5.41, 5.74) is 0. The van der Waals surface area contributed by atoms with Crippen molar-refractivity contribution in [3.8, 4) is 5.75 Å². The summed E-state index contributed by atoms with van der Waals surface area (Å²) in [6.07, 6.45) is 1.10. The monoisotopic (exact) mass is 301 g/mol. The van der Waals surface area contributed by atoms with Crippen molar-refractivity contribution in [2.75, 3.05) is 13.7 Å². The van der Waals surface area contributed by atoms with Gasteiger partial charge in [0.25, 0.3) is 0 Å². The Kier molecular flexibility index (Phi) is 5.06. The molecule has 98 valence electrons. The molecule has 2 aromatic heterocycles. The molecule has 0 bridgehead atoms. The van der Waals surface area contributed by atoms with Crippen LogP contribution in [0.1, 0.15) is 29.1 Å². The molecule has 5 heteroatoms. The number of hydrogen-bond donors (Lipinski definition) is 1. The van der Waals surface area contributed by atoms with E-state index in [0.29, 0.717) is 0 Å². The lowest BCUT2D eigenvalue weighted by Crippen LogP contribution is -2.21. The van der Waals surface area contributed by atoms with E-state index < -0.39 is 0 Å². The highest BCUT2D eigenvalue weighted by Gasteiger charge is 2.19. The first kappa shape index (κ1) is 13.9. The normalized spacial score (nSPS) is 12.6. The molecule has 0 aliphatic carbocycles. The topological polar surface area (TPSA) is 21.3 Å². The van der Waals surface area contributed by atoms with E-state index in [4.69, 9.17) is 16.3 Å². The zero-order valence-electron chi connectivity index (χ0n) is 10.4. The van der Waals surface area contributed by atoms with Crippen molar-refractivity contribution in [2.45, 2.75) is 19.4 Å². The van der Waals surface area contributed by atoms with Crippen molar-refractivity contribution in [3.05, 3.63) is 37.7 Å². The Bertz CT molecular complexity index is 495. The number of thiophene rings is 2. The highest BCUT2D eigenvalue weighted by atomic mass is 35.5. The molecule has 0 radical (unpaired) electrons. The zero-order valence-corrected chi connectivity index (χ0v) is 12.8. The van der Waals surface area contributed by atoms with E-state index in [0.717, 1.165) is 23.7 Å². The maximum Gasteiger partial charge on any atom is 0.129 e. The van der Waals surface area contributed by atoms with Gasteiger partial charge in [0.2, 0.25) is 0 Å². The summed E-state index contributed by atoms with van der Waals surface area (Å²) >= 11 is 9.64. The van der Waals surface area contributed by atoms with Crippen LogP contribution in [0.2, 0.25) is 5.02 Å². The van der Waals surface area contributed by atoms with E-state index in [1.54, 1.807) is 29.8 Å². The van der Waals surface area contributed by atoms with Crippen molar-refractivity contribution in [2.24, 2.45) is 0 Å². The fraction of sp³-hybridized carbons (Fsp3) is 0.385. The molecule has 0 aliphatic rings. The average molecular weight is 302 g/mol. The van der Waals surface area contributed by atoms with Gasteiger partial charge >= 0.3 is 0 Å². The summed E-state index contributed by atoms with van der Waals surface area (Å²) < 4.78 is 5.25. The molecule has 0 amide bonds. The van der Waals surface area contributed by atoms with E-state index in [1.165, 1.54) is 9.75 Å². The van der Waals surface area contributed by atoms with Crippen LogP contribution in [0.4, 0.5) is 0 Å². The van der Waals surface area contributed by atoms with Gasteiger partial charge in [-0.05, 0) is 30.5 Å². The van der Waals surface area contributed by atoms with Crippen LogP contribution in [0.5, 0.6) is 5.75 Å². The third kappa shape index (κ3) is 3.06. The molecule has 0 aromatic carbocycles. The summed E-state index contributed by atoms with van der Waals surface area (Å²) in [6, 6.07) is 4.20. The van der Waals surface area contributed by atoms with E-state index in [1.807, 2.05) is 16.8 Å². The van der Waals surface area contributed by atoms with Crippen LogP contribution < -0.4 is 10.1 Å². The Morgan fingerprint density at radius 2 is 2.28 bits per heavy atom. The van der Waals surface area contributed by atoms with Gasteiger partial charge in [-0.2, -0.15) is 0 Å². The average Bonchev–Trinajstić information content (AvgIpc) is 3.00. The van der Waals surface area contributed by atoms with Gasteiger partial charge in [-0.15, -0.1) is 22.7 Å². The Hall–Kier alpha value is -0.550. The maximum absolute atomic E-state index is 6.25. The first-order valence-corrected chi connectivity index (χ1v) is 7.98. The fourth-order valence-electron chi connectivity index (χ4n) is 1.72. The van der Waals surface area contributed by atoms with Gasteiger partial charge in [0, 0.05) is 15.1 Å². The minimum absolute atomic E-state index is 0.173. The second kappa shape index (κ2) is 6.57. The summed E-state index contributed by atoms with van der Waals surface area (Å²) in [5.74, 6) is 0.908. The van der Waals surface area contributed by atoms with Crippen LogP contribution in [-0.4, -0.2) is 13.7 Å². The number of nitrogens with one attached hydrogen (secondary N) is 1. The minimum Gasteiger partial charge on any atom is -0.496 e. The third-order valence-electron chi connectivity index (χ3n) is 2.62. The molecular formula is C13H16ClNOS2. The van der Waals surface area contributed by atoms with E-state index in [2.05, 4.69) is 18.3 Å². The van der Waals surface area contributed by atoms with Gasteiger partial charge < -0.3 is 10.1 Å². The Morgan fingerprint density at radius 1 is 1.44 bits per heavy atom. The molecule has 2 heterocycles. The molecule has 0 aliphatic heterocycles. The highest BCUT2D eigenvalue weighted by Crippen LogP contribution is 2.37. The summed E-state index contributed by atoms with van der Waals surface area (Å²) in [7, 11) is 1.69. The van der Waals surface area contributed by atoms with E-state index in [-0.39, 0.29) is 6.04 Å². The molecule has 2 rings (SSSR count). The molecule has 2 aromatic rings. The van der Waals surface area contributed by atoms with Crippen LogP contribution in [0.15, 0.2) is 22.9 Å². The molecule has 0 fully saturated rings. The third-order valence-corrected chi connectivity index (χ3v) is 5.02. The smallest absolute Gasteiger partial charge is 0.129 e. The lowest BCUT2D eigenvalue weighted by molar-refractivity contribution is 0.416. The highest BCUT2D eigenvalue weighted by molar-refractivity contribution is 7.12. The van der Waals surface area contributed by atoms with Crippen molar-refractivity contribution in [1.29, 1.82) is 0 Å². The Balaban J connectivity index is 2.27.